The lowest BCUT2D eigenvalue weighted by Gasteiger charge is -2.57. The van der Waals surface area contributed by atoms with Gasteiger partial charge in [-0.15, -0.1) is 0 Å². The molecule has 168 valence electrons. The molecule has 4 aliphatic rings. The zero-order valence-electron chi connectivity index (χ0n) is 20.7. The molecule has 0 heterocycles. The van der Waals surface area contributed by atoms with Crippen molar-refractivity contribution in [2.75, 3.05) is 0 Å². The summed E-state index contributed by atoms with van der Waals surface area (Å²) in [6, 6.07) is 0. The van der Waals surface area contributed by atoms with Crippen LogP contribution in [0.25, 0.3) is 0 Å². The Morgan fingerprint density at radius 3 is 2.37 bits per heavy atom. The van der Waals surface area contributed by atoms with Gasteiger partial charge in [0.15, 0.2) is 14.1 Å². The van der Waals surface area contributed by atoms with Crippen molar-refractivity contribution in [3.63, 3.8) is 0 Å². The van der Waals surface area contributed by atoms with Gasteiger partial charge < -0.3 is 4.43 Å². The summed E-state index contributed by atoms with van der Waals surface area (Å²) in [6.45, 7) is 18.8. The van der Waals surface area contributed by atoms with E-state index < -0.39 is 8.32 Å². The van der Waals surface area contributed by atoms with Crippen molar-refractivity contribution in [3.8, 4) is 0 Å². The largest absolute Gasteiger partial charge is 0.414 e. The molecule has 0 bridgehead atoms. The first-order valence-electron chi connectivity index (χ1n) is 12.4. The van der Waals surface area contributed by atoms with Gasteiger partial charge in [-0.1, -0.05) is 52.3 Å². The summed E-state index contributed by atoms with van der Waals surface area (Å²) >= 11 is 0. The molecule has 3 saturated carbocycles. The molecule has 0 aliphatic heterocycles. The number of ketones is 1. The van der Waals surface area contributed by atoms with E-state index in [1.165, 1.54) is 32.1 Å². The molecular weight excluding hydrogens is 384 g/mol. The zero-order valence-corrected chi connectivity index (χ0v) is 21.7. The van der Waals surface area contributed by atoms with Crippen molar-refractivity contribution in [2.24, 2.45) is 28.6 Å². The Morgan fingerprint density at radius 1 is 1.07 bits per heavy atom. The van der Waals surface area contributed by atoms with Crippen LogP contribution >= 0.6 is 0 Å². The molecule has 30 heavy (non-hydrogen) atoms. The summed E-state index contributed by atoms with van der Waals surface area (Å²) in [6.07, 6.45) is 13.1. The quantitative estimate of drug-likeness (QED) is 0.259. The monoisotopic (exact) mass is 428 g/mol. The molecule has 0 amide bonds. The van der Waals surface area contributed by atoms with Crippen LogP contribution in [0.15, 0.2) is 23.3 Å². The van der Waals surface area contributed by atoms with Crippen LogP contribution in [0.2, 0.25) is 18.1 Å². The van der Waals surface area contributed by atoms with Crippen LogP contribution in [0, 0.1) is 28.6 Å². The number of carbonyl (C=O) groups is 1. The number of carbonyl (C=O) groups excluding carboxylic acids is 1. The molecule has 0 radical (unpaired) electrons. The molecular formula is C27H44O2Si. The Hall–Kier alpha value is -0.673. The first-order valence-corrected chi connectivity index (χ1v) is 15.3. The number of Topliss-reactive ketones (excluding diaryl/α,β-unsaturated/α-hetero) is 1. The van der Waals surface area contributed by atoms with E-state index in [9.17, 15) is 4.79 Å². The number of fused-ring (bicyclic) bond motifs is 5. The molecule has 0 spiro atoms. The minimum atomic E-state index is -1.73. The second-order valence-corrected chi connectivity index (χ2v) is 17.5. The van der Waals surface area contributed by atoms with Gasteiger partial charge in [0.2, 0.25) is 0 Å². The van der Waals surface area contributed by atoms with Gasteiger partial charge in [-0.25, -0.2) is 0 Å². The van der Waals surface area contributed by atoms with Crippen LogP contribution in [-0.4, -0.2) is 20.2 Å². The molecule has 4 rings (SSSR count). The van der Waals surface area contributed by atoms with Gasteiger partial charge in [0.1, 0.15) is 0 Å². The number of rotatable bonds is 2. The molecule has 4 aliphatic carbocycles. The topological polar surface area (TPSA) is 26.3 Å². The zero-order chi connectivity index (χ0) is 22.1. The van der Waals surface area contributed by atoms with E-state index in [-0.39, 0.29) is 10.5 Å². The van der Waals surface area contributed by atoms with Crippen LogP contribution in [0.4, 0.5) is 0 Å². The first-order chi connectivity index (χ1) is 13.8. The van der Waals surface area contributed by atoms with E-state index in [1.807, 2.05) is 0 Å². The molecule has 3 heteroatoms. The Kier molecular flexibility index (Phi) is 5.38. The summed E-state index contributed by atoms with van der Waals surface area (Å²) in [5.74, 6) is 2.40. The van der Waals surface area contributed by atoms with Gasteiger partial charge in [0.25, 0.3) is 0 Å². The van der Waals surface area contributed by atoms with E-state index in [0.29, 0.717) is 29.1 Å². The summed E-state index contributed by atoms with van der Waals surface area (Å²) in [5, 5.41) is 0.271. The third-order valence-electron chi connectivity index (χ3n) is 10.3. The summed E-state index contributed by atoms with van der Waals surface area (Å²) < 4.78 is 6.85. The summed E-state index contributed by atoms with van der Waals surface area (Å²) in [7, 11) is -1.73. The Bertz CT molecular complexity index is 785. The van der Waals surface area contributed by atoms with Crippen LogP contribution in [0.3, 0.4) is 0 Å². The molecule has 0 aromatic rings. The Morgan fingerprint density at radius 2 is 1.73 bits per heavy atom. The third-order valence-corrected chi connectivity index (χ3v) is 14.9. The Balaban J connectivity index is 1.56. The van der Waals surface area contributed by atoms with E-state index in [2.05, 4.69) is 66.8 Å². The van der Waals surface area contributed by atoms with Crippen LogP contribution < -0.4 is 0 Å². The molecule has 0 aromatic heterocycles. The van der Waals surface area contributed by atoms with E-state index in [4.69, 9.17) is 4.43 Å². The fraction of sp³-hybridized carbons (Fsp3) is 0.815. The molecule has 6 atom stereocenters. The molecule has 0 N–H and O–H groups in total. The molecule has 3 fully saturated rings. The number of hydrogen-bond acceptors (Lipinski definition) is 2. The average molecular weight is 429 g/mol. The van der Waals surface area contributed by atoms with Crippen molar-refractivity contribution in [2.45, 2.75) is 111 Å². The van der Waals surface area contributed by atoms with Gasteiger partial charge in [0, 0.05) is 12.5 Å². The van der Waals surface area contributed by atoms with E-state index >= 15 is 0 Å². The fourth-order valence-corrected chi connectivity index (χ4v) is 8.86. The fourth-order valence-electron chi connectivity index (χ4n) is 7.47. The van der Waals surface area contributed by atoms with Gasteiger partial charge in [-0.2, -0.15) is 0 Å². The number of allylic oxidation sites excluding steroid dienone is 3. The molecule has 3 unspecified atom stereocenters. The lowest BCUT2D eigenvalue weighted by molar-refractivity contribution is -0.115. The first kappa shape index (κ1) is 22.5. The Labute approximate surface area is 186 Å². The molecule has 2 nitrogen and oxygen atoms in total. The lowest BCUT2D eigenvalue weighted by Crippen LogP contribution is -2.51. The van der Waals surface area contributed by atoms with Crippen molar-refractivity contribution in [3.05, 3.63) is 23.3 Å². The second-order valence-electron chi connectivity index (χ2n) is 12.8. The second kappa shape index (κ2) is 7.17. The van der Waals surface area contributed by atoms with Crippen molar-refractivity contribution >= 4 is 14.1 Å². The van der Waals surface area contributed by atoms with Gasteiger partial charge in [-0.3, -0.25) is 4.79 Å². The van der Waals surface area contributed by atoms with E-state index in [1.54, 1.807) is 5.57 Å². The highest BCUT2D eigenvalue weighted by Gasteiger charge is 2.59. The van der Waals surface area contributed by atoms with Crippen LogP contribution in [0.1, 0.15) is 86.5 Å². The molecule has 0 saturated heterocycles. The highest BCUT2D eigenvalue weighted by molar-refractivity contribution is 6.74. The molecule has 0 aromatic carbocycles. The minimum absolute atomic E-state index is 0.122. The highest BCUT2D eigenvalue weighted by Crippen LogP contribution is 2.65. The average Bonchev–Trinajstić information content (AvgIpc) is 2.90. The van der Waals surface area contributed by atoms with Crippen LogP contribution in [0.5, 0.6) is 0 Å². The smallest absolute Gasteiger partial charge is 0.192 e. The minimum Gasteiger partial charge on any atom is -0.414 e. The maximum atomic E-state index is 12.8. The van der Waals surface area contributed by atoms with E-state index in [0.717, 1.165) is 24.3 Å². The summed E-state index contributed by atoms with van der Waals surface area (Å²) in [5.41, 5.74) is 3.26. The summed E-state index contributed by atoms with van der Waals surface area (Å²) in [4.78, 5) is 12.8. The van der Waals surface area contributed by atoms with Crippen molar-refractivity contribution < 1.29 is 9.22 Å². The van der Waals surface area contributed by atoms with Gasteiger partial charge in [0.05, 0.1) is 0 Å². The third kappa shape index (κ3) is 3.25. The number of hydrogen-bond donors (Lipinski definition) is 0. The SMILES string of the molecule is CC=C1C(=O)CC2C3CC=C4C[C@@H](O[Si](C)(C)C(C)(C)C)CC[C@]4(C)C3CC[C@]12C. The van der Waals surface area contributed by atoms with Crippen molar-refractivity contribution in [1.82, 2.24) is 0 Å². The van der Waals surface area contributed by atoms with Gasteiger partial charge in [-0.05, 0) is 97.7 Å². The maximum Gasteiger partial charge on any atom is 0.192 e. The van der Waals surface area contributed by atoms with Gasteiger partial charge >= 0.3 is 0 Å². The lowest BCUT2D eigenvalue weighted by atomic mass is 9.48. The predicted octanol–water partition coefficient (Wildman–Crippen LogP) is 7.46. The maximum absolute atomic E-state index is 12.8. The van der Waals surface area contributed by atoms with Crippen molar-refractivity contribution in [1.29, 1.82) is 0 Å². The van der Waals surface area contributed by atoms with Crippen LogP contribution in [-0.2, 0) is 9.22 Å². The normalized spacial score (nSPS) is 43.1. The predicted molar refractivity (Wildman–Crippen MR) is 128 cm³/mol. The standard InChI is InChI=1S/C27H44O2Si/c1-9-21-24(28)17-23-20-11-10-18-16-19(29-30(7,8)25(2,3)4)12-14-26(18,5)22(20)13-15-27(21,23)6/h9-10,19-20,22-23H,11-17H2,1-8H3/t19-,20?,22?,23?,26-,27+/m0/s1. The highest BCUT2D eigenvalue weighted by atomic mass is 28.4.